The summed E-state index contributed by atoms with van der Waals surface area (Å²) in [5, 5.41) is 10.7. The van der Waals surface area contributed by atoms with E-state index in [-0.39, 0.29) is 12.1 Å². The first-order valence-electron chi connectivity index (χ1n) is 9.10. The van der Waals surface area contributed by atoms with Gasteiger partial charge in [0.25, 0.3) is 0 Å². The average Bonchev–Trinajstić information content (AvgIpc) is 2.65. The standard InChI is InChI=1S/C21H24Cl2N2O2/c1-14-13-24(15(2)21(26)27)11-12-25(14)20(16-3-7-18(22)8-4-16)17-5-9-19(23)10-6-17/h3-10,14-15,20H,11-13H2,1-2H3,(H,26,27). The van der Waals surface area contributed by atoms with Crippen LogP contribution in [0.3, 0.4) is 0 Å². The Kier molecular flexibility index (Phi) is 6.43. The third-order valence-electron chi connectivity index (χ3n) is 5.32. The number of benzene rings is 2. The van der Waals surface area contributed by atoms with Gasteiger partial charge in [-0.3, -0.25) is 14.6 Å². The minimum absolute atomic E-state index is 0.0665. The number of hydrogen-bond acceptors (Lipinski definition) is 3. The fourth-order valence-electron chi connectivity index (χ4n) is 3.76. The molecule has 2 atom stereocenters. The van der Waals surface area contributed by atoms with Crippen LogP contribution in [-0.4, -0.2) is 52.6 Å². The molecule has 2 unspecified atom stereocenters. The zero-order valence-corrected chi connectivity index (χ0v) is 17.0. The Morgan fingerprint density at radius 2 is 1.48 bits per heavy atom. The number of halogens is 2. The van der Waals surface area contributed by atoms with Crippen molar-refractivity contribution in [3.63, 3.8) is 0 Å². The fraction of sp³-hybridized carbons (Fsp3) is 0.381. The summed E-state index contributed by atoms with van der Waals surface area (Å²) in [7, 11) is 0. The summed E-state index contributed by atoms with van der Waals surface area (Å²) < 4.78 is 0. The fourth-order valence-corrected chi connectivity index (χ4v) is 4.01. The molecule has 0 amide bonds. The van der Waals surface area contributed by atoms with Crippen molar-refractivity contribution in [2.45, 2.75) is 32.0 Å². The van der Waals surface area contributed by atoms with Crippen molar-refractivity contribution in [3.8, 4) is 0 Å². The van der Waals surface area contributed by atoms with E-state index in [2.05, 4.69) is 36.1 Å². The van der Waals surface area contributed by atoms with Gasteiger partial charge < -0.3 is 5.11 Å². The molecular weight excluding hydrogens is 383 g/mol. The molecule has 27 heavy (non-hydrogen) atoms. The molecule has 0 aromatic heterocycles. The minimum Gasteiger partial charge on any atom is -0.480 e. The zero-order valence-electron chi connectivity index (χ0n) is 15.5. The second-order valence-corrected chi connectivity index (χ2v) is 7.97. The number of aliphatic carboxylic acids is 1. The summed E-state index contributed by atoms with van der Waals surface area (Å²) in [6.45, 7) is 6.12. The van der Waals surface area contributed by atoms with Gasteiger partial charge in [-0.15, -0.1) is 0 Å². The van der Waals surface area contributed by atoms with Crippen LogP contribution in [0.25, 0.3) is 0 Å². The second kappa shape index (κ2) is 8.61. The minimum atomic E-state index is -0.775. The van der Waals surface area contributed by atoms with Crippen LogP contribution in [-0.2, 0) is 4.79 Å². The van der Waals surface area contributed by atoms with Crippen molar-refractivity contribution < 1.29 is 9.90 Å². The highest BCUT2D eigenvalue weighted by Crippen LogP contribution is 2.33. The molecule has 1 heterocycles. The van der Waals surface area contributed by atoms with Gasteiger partial charge in [-0.2, -0.15) is 0 Å². The summed E-state index contributed by atoms with van der Waals surface area (Å²) >= 11 is 12.2. The number of carbonyl (C=O) groups is 1. The molecule has 0 bridgehead atoms. The number of piperazine rings is 1. The van der Waals surface area contributed by atoms with Gasteiger partial charge in [-0.05, 0) is 49.2 Å². The molecule has 4 nitrogen and oxygen atoms in total. The predicted octanol–water partition coefficient (Wildman–Crippen LogP) is 4.56. The Labute approximate surface area is 170 Å². The Morgan fingerprint density at radius 3 is 1.89 bits per heavy atom. The van der Waals surface area contributed by atoms with Crippen molar-refractivity contribution in [3.05, 3.63) is 69.7 Å². The van der Waals surface area contributed by atoms with Gasteiger partial charge in [0.05, 0.1) is 6.04 Å². The van der Waals surface area contributed by atoms with E-state index >= 15 is 0 Å². The van der Waals surface area contributed by atoms with E-state index in [4.69, 9.17) is 23.2 Å². The molecule has 0 saturated carbocycles. The lowest BCUT2D eigenvalue weighted by molar-refractivity contribution is -0.143. The number of carboxylic acid groups (broad SMARTS) is 1. The van der Waals surface area contributed by atoms with Crippen LogP contribution >= 0.6 is 23.2 Å². The highest BCUT2D eigenvalue weighted by molar-refractivity contribution is 6.30. The lowest BCUT2D eigenvalue weighted by atomic mass is 9.94. The Hall–Kier alpha value is -1.59. The molecule has 2 aromatic rings. The monoisotopic (exact) mass is 406 g/mol. The molecule has 0 radical (unpaired) electrons. The summed E-state index contributed by atoms with van der Waals surface area (Å²) in [6, 6.07) is 15.7. The lowest BCUT2D eigenvalue weighted by Crippen LogP contribution is -2.56. The first-order valence-corrected chi connectivity index (χ1v) is 9.86. The van der Waals surface area contributed by atoms with E-state index in [0.717, 1.165) is 24.2 Å². The molecule has 1 aliphatic rings. The summed E-state index contributed by atoms with van der Waals surface area (Å²) in [4.78, 5) is 15.8. The molecule has 1 N–H and O–H groups in total. The molecule has 6 heteroatoms. The second-order valence-electron chi connectivity index (χ2n) is 7.10. The SMILES string of the molecule is CC(C(=O)O)N1CCN(C(c2ccc(Cl)cc2)c2ccc(Cl)cc2)C(C)C1. The summed E-state index contributed by atoms with van der Waals surface area (Å²) in [5.41, 5.74) is 2.32. The van der Waals surface area contributed by atoms with Gasteiger partial charge >= 0.3 is 5.97 Å². The van der Waals surface area contributed by atoms with Crippen LogP contribution in [0, 0.1) is 0 Å². The maximum atomic E-state index is 11.3. The predicted molar refractivity (Wildman–Crippen MR) is 110 cm³/mol. The van der Waals surface area contributed by atoms with Crippen LogP contribution < -0.4 is 0 Å². The zero-order chi connectivity index (χ0) is 19.6. The Morgan fingerprint density at radius 1 is 1.00 bits per heavy atom. The van der Waals surface area contributed by atoms with Crippen molar-refractivity contribution in [1.82, 2.24) is 9.80 Å². The summed E-state index contributed by atoms with van der Waals surface area (Å²) in [5.74, 6) is -0.775. The third kappa shape index (κ3) is 4.64. The van der Waals surface area contributed by atoms with E-state index < -0.39 is 12.0 Å². The molecule has 3 rings (SSSR count). The Bertz CT molecular complexity index is 734. The van der Waals surface area contributed by atoms with E-state index in [1.54, 1.807) is 6.92 Å². The van der Waals surface area contributed by atoms with E-state index in [9.17, 15) is 9.90 Å². The van der Waals surface area contributed by atoms with E-state index in [0.29, 0.717) is 16.6 Å². The van der Waals surface area contributed by atoms with Crippen molar-refractivity contribution >= 4 is 29.2 Å². The van der Waals surface area contributed by atoms with Crippen LogP contribution in [0.1, 0.15) is 31.0 Å². The molecule has 2 aromatic carbocycles. The number of nitrogens with zero attached hydrogens (tertiary/aromatic N) is 2. The van der Waals surface area contributed by atoms with Crippen molar-refractivity contribution in [1.29, 1.82) is 0 Å². The number of hydrogen-bond donors (Lipinski definition) is 1. The van der Waals surface area contributed by atoms with Crippen LogP contribution in [0.5, 0.6) is 0 Å². The molecule has 1 aliphatic heterocycles. The highest BCUT2D eigenvalue weighted by atomic mass is 35.5. The van der Waals surface area contributed by atoms with Crippen molar-refractivity contribution in [2.24, 2.45) is 0 Å². The largest absolute Gasteiger partial charge is 0.480 e. The van der Waals surface area contributed by atoms with Crippen LogP contribution in [0.4, 0.5) is 0 Å². The highest BCUT2D eigenvalue weighted by Gasteiger charge is 2.34. The van der Waals surface area contributed by atoms with Crippen molar-refractivity contribution in [2.75, 3.05) is 19.6 Å². The van der Waals surface area contributed by atoms with Gasteiger partial charge in [-0.1, -0.05) is 47.5 Å². The normalized spacial score (nSPS) is 20.0. The number of rotatable bonds is 5. The van der Waals surface area contributed by atoms with Crippen LogP contribution in [0.2, 0.25) is 10.0 Å². The molecule has 1 fully saturated rings. The van der Waals surface area contributed by atoms with Crippen LogP contribution in [0.15, 0.2) is 48.5 Å². The maximum Gasteiger partial charge on any atom is 0.320 e. The van der Waals surface area contributed by atoms with E-state index in [1.807, 2.05) is 29.2 Å². The topological polar surface area (TPSA) is 43.8 Å². The molecule has 0 aliphatic carbocycles. The smallest absolute Gasteiger partial charge is 0.320 e. The molecule has 1 saturated heterocycles. The van der Waals surface area contributed by atoms with Gasteiger partial charge in [0.2, 0.25) is 0 Å². The molecule has 144 valence electrons. The first-order chi connectivity index (χ1) is 12.9. The summed E-state index contributed by atoms with van der Waals surface area (Å²) in [6.07, 6.45) is 0. The first kappa shape index (κ1) is 20.2. The molecule has 0 spiro atoms. The van der Waals surface area contributed by atoms with Gasteiger partial charge in [0, 0.05) is 35.7 Å². The average molecular weight is 407 g/mol. The Balaban J connectivity index is 1.90. The molecular formula is C21H24Cl2N2O2. The van der Waals surface area contributed by atoms with Gasteiger partial charge in [-0.25, -0.2) is 0 Å². The van der Waals surface area contributed by atoms with Gasteiger partial charge in [0.15, 0.2) is 0 Å². The quantitative estimate of drug-likeness (QED) is 0.789. The maximum absolute atomic E-state index is 11.3. The lowest BCUT2D eigenvalue weighted by Gasteiger charge is -2.45. The van der Waals surface area contributed by atoms with Gasteiger partial charge in [0.1, 0.15) is 6.04 Å². The number of carboxylic acids is 1. The third-order valence-corrected chi connectivity index (χ3v) is 5.82. The van der Waals surface area contributed by atoms with E-state index in [1.165, 1.54) is 0 Å².